The van der Waals surface area contributed by atoms with Crippen molar-refractivity contribution in [1.29, 1.82) is 0 Å². The van der Waals surface area contributed by atoms with E-state index in [4.69, 9.17) is 0 Å². The third-order valence-electron chi connectivity index (χ3n) is 2.04. The van der Waals surface area contributed by atoms with Crippen LogP contribution >= 0.6 is 11.8 Å². The highest BCUT2D eigenvalue weighted by Crippen LogP contribution is 2.23. The molecule has 0 bridgehead atoms. The maximum Gasteiger partial charge on any atom is 0.0130 e. The molecule has 0 saturated carbocycles. The van der Waals surface area contributed by atoms with Gasteiger partial charge in [-0.25, -0.2) is 0 Å². The standard InChI is InChI=1S/C12H28N2S/c1-11(10-15-12(2,3)4)13-8-7-9-14(5)6/h11,13H,7-10H2,1-6H3. The minimum absolute atomic E-state index is 0.388. The third kappa shape index (κ3) is 12.2. The molecule has 1 unspecified atom stereocenters. The Morgan fingerprint density at radius 2 is 1.87 bits per heavy atom. The molecule has 0 aromatic heterocycles. The molecule has 1 N–H and O–H groups in total. The zero-order valence-corrected chi connectivity index (χ0v) is 12.1. The first-order chi connectivity index (χ1) is 6.81. The van der Waals surface area contributed by atoms with E-state index in [-0.39, 0.29) is 0 Å². The molecular weight excluding hydrogens is 204 g/mol. The normalized spacial score (nSPS) is 14.6. The number of nitrogens with zero attached hydrogens (tertiary/aromatic N) is 1. The number of hydrogen-bond donors (Lipinski definition) is 1. The molecule has 3 heteroatoms. The second-order valence-electron chi connectivity index (χ2n) is 5.44. The highest BCUT2D eigenvalue weighted by molar-refractivity contribution is 8.00. The Kier molecular flexibility index (Phi) is 7.66. The minimum Gasteiger partial charge on any atom is -0.313 e. The molecule has 0 aromatic carbocycles. The van der Waals surface area contributed by atoms with Crippen LogP contribution in [-0.4, -0.2) is 48.6 Å². The lowest BCUT2D eigenvalue weighted by molar-refractivity contribution is 0.390. The molecule has 0 radical (unpaired) electrons. The molecule has 0 rings (SSSR count). The number of nitrogens with one attached hydrogen (secondary N) is 1. The predicted octanol–water partition coefficient (Wildman–Crippen LogP) is 2.45. The molecule has 92 valence electrons. The first kappa shape index (κ1) is 15.3. The summed E-state index contributed by atoms with van der Waals surface area (Å²) in [5.74, 6) is 1.20. The van der Waals surface area contributed by atoms with Crippen molar-refractivity contribution in [3.8, 4) is 0 Å². The van der Waals surface area contributed by atoms with E-state index in [0.29, 0.717) is 10.8 Å². The SMILES string of the molecule is CC(CSC(C)(C)C)NCCCN(C)C. The summed E-state index contributed by atoms with van der Waals surface area (Å²) >= 11 is 2.03. The second kappa shape index (κ2) is 7.53. The van der Waals surface area contributed by atoms with E-state index in [1.54, 1.807) is 0 Å². The van der Waals surface area contributed by atoms with Gasteiger partial charge in [-0.15, -0.1) is 0 Å². The fraction of sp³-hybridized carbons (Fsp3) is 1.00. The summed E-state index contributed by atoms with van der Waals surface area (Å²) in [5.41, 5.74) is 0. The summed E-state index contributed by atoms with van der Waals surface area (Å²) < 4.78 is 0.388. The zero-order chi connectivity index (χ0) is 11.9. The maximum absolute atomic E-state index is 3.56. The fourth-order valence-corrected chi connectivity index (χ4v) is 2.05. The number of rotatable bonds is 7. The van der Waals surface area contributed by atoms with Gasteiger partial charge in [0.25, 0.3) is 0 Å². The van der Waals surface area contributed by atoms with Crippen LogP contribution in [0.1, 0.15) is 34.1 Å². The molecule has 0 fully saturated rings. The van der Waals surface area contributed by atoms with Crippen molar-refractivity contribution in [3.63, 3.8) is 0 Å². The van der Waals surface area contributed by atoms with Gasteiger partial charge in [-0.05, 0) is 40.5 Å². The van der Waals surface area contributed by atoms with Crippen molar-refractivity contribution >= 4 is 11.8 Å². The van der Waals surface area contributed by atoms with Gasteiger partial charge in [-0.3, -0.25) is 0 Å². The summed E-state index contributed by atoms with van der Waals surface area (Å²) in [4.78, 5) is 2.23. The predicted molar refractivity (Wildman–Crippen MR) is 72.8 cm³/mol. The van der Waals surface area contributed by atoms with E-state index in [2.05, 4.69) is 52.0 Å². The first-order valence-electron chi connectivity index (χ1n) is 5.83. The van der Waals surface area contributed by atoms with Crippen LogP contribution in [0.15, 0.2) is 0 Å². The van der Waals surface area contributed by atoms with Crippen LogP contribution in [0.2, 0.25) is 0 Å². The van der Waals surface area contributed by atoms with Gasteiger partial charge in [0.1, 0.15) is 0 Å². The van der Waals surface area contributed by atoms with Crippen LogP contribution in [0, 0.1) is 0 Å². The molecule has 0 aromatic rings. The topological polar surface area (TPSA) is 15.3 Å². The smallest absolute Gasteiger partial charge is 0.0130 e. The summed E-state index contributed by atoms with van der Waals surface area (Å²) in [6.45, 7) is 11.4. The van der Waals surface area contributed by atoms with Crippen molar-refractivity contribution < 1.29 is 0 Å². The molecule has 15 heavy (non-hydrogen) atoms. The molecule has 1 atom stereocenters. The molecular formula is C12H28N2S. The average molecular weight is 232 g/mol. The Morgan fingerprint density at radius 3 is 2.33 bits per heavy atom. The Bertz CT molecular complexity index is 152. The lowest BCUT2D eigenvalue weighted by Crippen LogP contribution is -2.32. The monoisotopic (exact) mass is 232 g/mol. The van der Waals surface area contributed by atoms with E-state index in [0.717, 1.165) is 6.54 Å². The average Bonchev–Trinajstić information content (AvgIpc) is 2.07. The van der Waals surface area contributed by atoms with Gasteiger partial charge in [0.05, 0.1) is 0 Å². The largest absolute Gasteiger partial charge is 0.313 e. The van der Waals surface area contributed by atoms with Gasteiger partial charge in [0.15, 0.2) is 0 Å². The molecule has 0 aliphatic rings. The maximum atomic E-state index is 3.56. The van der Waals surface area contributed by atoms with Crippen LogP contribution in [0.5, 0.6) is 0 Å². The van der Waals surface area contributed by atoms with Crippen molar-refractivity contribution in [2.45, 2.75) is 44.9 Å². The van der Waals surface area contributed by atoms with Gasteiger partial charge in [-0.1, -0.05) is 20.8 Å². The van der Waals surface area contributed by atoms with Gasteiger partial charge in [0, 0.05) is 16.5 Å². The lowest BCUT2D eigenvalue weighted by Gasteiger charge is -2.21. The van der Waals surface area contributed by atoms with Crippen molar-refractivity contribution in [2.24, 2.45) is 0 Å². The fourth-order valence-electron chi connectivity index (χ4n) is 1.18. The summed E-state index contributed by atoms with van der Waals surface area (Å²) in [6, 6.07) is 0.622. The second-order valence-corrected chi connectivity index (χ2v) is 7.28. The van der Waals surface area contributed by atoms with E-state index in [1.165, 1.54) is 18.7 Å². The Hall–Kier alpha value is 0.270. The molecule has 0 spiro atoms. The zero-order valence-electron chi connectivity index (χ0n) is 11.3. The van der Waals surface area contributed by atoms with E-state index in [9.17, 15) is 0 Å². The molecule has 0 amide bonds. The van der Waals surface area contributed by atoms with Gasteiger partial charge in [-0.2, -0.15) is 11.8 Å². The quantitative estimate of drug-likeness (QED) is 0.679. The van der Waals surface area contributed by atoms with Gasteiger partial charge >= 0.3 is 0 Å². The summed E-state index contributed by atoms with van der Waals surface area (Å²) in [6.07, 6.45) is 1.23. The summed E-state index contributed by atoms with van der Waals surface area (Å²) in [5, 5.41) is 3.56. The van der Waals surface area contributed by atoms with E-state index >= 15 is 0 Å². The molecule has 0 saturated heterocycles. The van der Waals surface area contributed by atoms with Crippen LogP contribution in [0.3, 0.4) is 0 Å². The van der Waals surface area contributed by atoms with Crippen LogP contribution < -0.4 is 5.32 Å². The highest BCUT2D eigenvalue weighted by atomic mass is 32.2. The minimum atomic E-state index is 0.388. The number of thioether (sulfide) groups is 1. The number of hydrogen-bond acceptors (Lipinski definition) is 3. The summed E-state index contributed by atoms with van der Waals surface area (Å²) in [7, 11) is 4.25. The van der Waals surface area contributed by atoms with Crippen LogP contribution in [-0.2, 0) is 0 Å². The molecule has 0 aliphatic heterocycles. The van der Waals surface area contributed by atoms with Gasteiger partial charge in [0.2, 0.25) is 0 Å². The van der Waals surface area contributed by atoms with E-state index < -0.39 is 0 Å². The highest BCUT2D eigenvalue weighted by Gasteiger charge is 2.12. The van der Waals surface area contributed by atoms with Crippen molar-refractivity contribution in [1.82, 2.24) is 10.2 Å². The van der Waals surface area contributed by atoms with Crippen molar-refractivity contribution in [3.05, 3.63) is 0 Å². The molecule has 2 nitrogen and oxygen atoms in total. The van der Waals surface area contributed by atoms with Crippen LogP contribution in [0.25, 0.3) is 0 Å². The Balaban J connectivity index is 3.38. The van der Waals surface area contributed by atoms with E-state index in [1.807, 2.05) is 11.8 Å². The third-order valence-corrected chi connectivity index (χ3v) is 3.57. The van der Waals surface area contributed by atoms with Gasteiger partial charge < -0.3 is 10.2 Å². The first-order valence-corrected chi connectivity index (χ1v) is 6.82. The molecule has 0 aliphatic carbocycles. The van der Waals surface area contributed by atoms with Crippen LogP contribution in [0.4, 0.5) is 0 Å². The molecule has 0 heterocycles. The van der Waals surface area contributed by atoms with Crippen molar-refractivity contribution in [2.75, 3.05) is 32.9 Å². The lowest BCUT2D eigenvalue weighted by atomic mass is 10.3. The Labute approximate surface area is 100 Å². The Morgan fingerprint density at radius 1 is 1.27 bits per heavy atom.